The van der Waals surface area contributed by atoms with Crippen LogP contribution >= 0.6 is 0 Å². The number of rotatable bonds is 4. The van der Waals surface area contributed by atoms with E-state index < -0.39 is 71.8 Å². The van der Waals surface area contributed by atoms with Crippen molar-refractivity contribution in [3.05, 3.63) is 83.4 Å². The average Bonchev–Trinajstić information content (AvgIpc) is 3.19. The van der Waals surface area contributed by atoms with Gasteiger partial charge in [-0.1, -0.05) is 30.3 Å². The number of benzene rings is 3. The molecule has 0 saturated carbocycles. The van der Waals surface area contributed by atoms with Gasteiger partial charge in [0.05, 0.1) is 7.11 Å². The first-order valence-electron chi connectivity index (χ1n) is 18.5. The Morgan fingerprint density at radius 1 is 0.807 bits per heavy atom. The van der Waals surface area contributed by atoms with Gasteiger partial charge in [0.1, 0.15) is 47.8 Å². The first-order valence-corrected chi connectivity index (χ1v) is 18.5. The molecule has 5 rings (SSSR count). The molecule has 306 valence electrons. The predicted octanol–water partition coefficient (Wildman–Crippen LogP) is 1.67. The number of fused-ring (bicyclic) bond motifs is 19. The number of phenolic OH excluding ortho intramolecular Hbond substituents is 1. The van der Waals surface area contributed by atoms with Crippen LogP contribution < -0.4 is 25.4 Å². The normalized spacial score (nSPS) is 23.2. The summed E-state index contributed by atoms with van der Waals surface area (Å²) in [7, 11) is 7.24. The van der Waals surface area contributed by atoms with Crippen LogP contribution in [0.3, 0.4) is 0 Å². The number of aromatic hydroxyl groups is 1. The minimum absolute atomic E-state index is 0.00397. The van der Waals surface area contributed by atoms with Gasteiger partial charge in [0.25, 0.3) is 0 Å². The number of hydrogen-bond donors (Lipinski definition) is 5. The van der Waals surface area contributed by atoms with Gasteiger partial charge in [0.15, 0.2) is 11.5 Å². The summed E-state index contributed by atoms with van der Waals surface area (Å²) >= 11 is 0. The van der Waals surface area contributed by atoms with E-state index in [1.165, 1.54) is 96.2 Å². The number of hydrogen-bond acceptors (Lipinski definition) is 10. The Balaban J connectivity index is 1.71. The number of aryl methyl sites for hydroxylation is 1. The number of carbonyl (C=O) groups excluding carboxylic acids is 6. The van der Waals surface area contributed by atoms with Crippen molar-refractivity contribution in [2.24, 2.45) is 0 Å². The van der Waals surface area contributed by atoms with Crippen LogP contribution in [0.4, 0.5) is 0 Å². The van der Waals surface area contributed by atoms with Crippen LogP contribution in [0.1, 0.15) is 50.0 Å². The standard InChI is InChI=1S/C41H52N6O10/c1-23-37(51)43-24(2)39(53)46(6)31(21-26-9-15-29(56-8)16-10-26)38(52)44-25(3)40(54)47(7)35(41(55)45(4)5)36(50)28-13-17-30(18-14-28)57-33-22-27(11-19-32(33)48)12-20-34(49)42-23/h9-11,13-19,22-25,31,35-36,48,50H,12,20-21H2,1-8H3,(H,42,49)(H,43,51)(H,44,52). The van der Waals surface area contributed by atoms with E-state index in [9.17, 15) is 39.0 Å². The molecule has 5 N–H and O–H groups in total. The Hall–Kier alpha value is -6.16. The summed E-state index contributed by atoms with van der Waals surface area (Å²) in [5, 5.41) is 30.0. The molecule has 16 heteroatoms. The largest absolute Gasteiger partial charge is 0.504 e. The SMILES string of the molecule is COc1ccc(CC2C(=O)NC(C)C(=O)N(C)C(C(=O)N(C)C)C(O)c3ccc(cc3)Oc3cc(ccc3O)CCC(=O)NC(C)C(=O)NC(C)C(=O)N2C)cc1. The van der Waals surface area contributed by atoms with Gasteiger partial charge in [-0.3, -0.25) is 28.8 Å². The molecule has 0 aliphatic carbocycles. The number of nitrogens with one attached hydrogen (secondary N) is 3. The van der Waals surface area contributed by atoms with Gasteiger partial charge in [-0.2, -0.15) is 0 Å². The number of aliphatic hydroxyl groups excluding tert-OH is 1. The first kappa shape index (κ1) is 43.6. The fraction of sp³-hybridized carbons (Fsp3) is 0.415. The lowest BCUT2D eigenvalue weighted by molar-refractivity contribution is -0.150. The van der Waals surface area contributed by atoms with Crippen LogP contribution in [0.25, 0.3) is 0 Å². The van der Waals surface area contributed by atoms with Gasteiger partial charge in [0, 0.05) is 41.0 Å². The molecule has 3 aromatic rings. The highest BCUT2D eigenvalue weighted by Crippen LogP contribution is 2.33. The molecular formula is C41H52N6O10. The van der Waals surface area contributed by atoms with Crippen LogP contribution in [0.5, 0.6) is 23.0 Å². The molecule has 2 aliphatic heterocycles. The number of phenols is 1. The Morgan fingerprint density at radius 3 is 2.00 bits per heavy atom. The van der Waals surface area contributed by atoms with Crippen LogP contribution in [-0.4, -0.2) is 126 Å². The summed E-state index contributed by atoms with van der Waals surface area (Å²) in [6.07, 6.45) is -1.26. The number of ether oxygens (including phenoxy) is 2. The molecule has 16 nitrogen and oxygen atoms in total. The highest BCUT2D eigenvalue weighted by atomic mass is 16.5. The van der Waals surface area contributed by atoms with Crippen LogP contribution in [0, 0.1) is 0 Å². The molecule has 6 atom stereocenters. The summed E-state index contributed by atoms with van der Waals surface area (Å²) in [4.78, 5) is 84.8. The second kappa shape index (κ2) is 19.1. The Kier molecular flexibility index (Phi) is 14.6. The molecule has 0 saturated heterocycles. The fourth-order valence-corrected chi connectivity index (χ4v) is 6.32. The monoisotopic (exact) mass is 788 g/mol. The number of aliphatic hydroxyl groups is 1. The second-order valence-electron chi connectivity index (χ2n) is 14.3. The first-order chi connectivity index (χ1) is 26.9. The summed E-state index contributed by atoms with van der Waals surface area (Å²) in [5.41, 5.74) is 1.60. The Morgan fingerprint density at radius 2 is 1.40 bits per heavy atom. The van der Waals surface area contributed by atoms with E-state index in [-0.39, 0.29) is 42.1 Å². The van der Waals surface area contributed by atoms with Gasteiger partial charge in [-0.05, 0) is 80.3 Å². The number of nitrogens with zero attached hydrogens (tertiary/aromatic N) is 3. The van der Waals surface area contributed by atoms with Crippen molar-refractivity contribution in [2.75, 3.05) is 35.3 Å². The van der Waals surface area contributed by atoms with Crippen LogP contribution in [0.2, 0.25) is 0 Å². The molecule has 6 unspecified atom stereocenters. The zero-order valence-corrected chi connectivity index (χ0v) is 33.4. The van der Waals surface area contributed by atoms with E-state index in [0.29, 0.717) is 16.9 Å². The van der Waals surface area contributed by atoms with Crippen LogP contribution in [-0.2, 0) is 41.6 Å². The van der Waals surface area contributed by atoms with Gasteiger partial charge in [-0.15, -0.1) is 0 Å². The molecule has 3 aromatic carbocycles. The third-order valence-corrected chi connectivity index (χ3v) is 9.81. The van der Waals surface area contributed by atoms with E-state index in [1.807, 2.05) is 0 Å². The lowest BCUT2D eigenvalue weighted by Gasteiger charge is -2.35. The zero-order valence-electron chi connectivity index (χ0n) is 33.4. The molecule has 2 aliphatic rings. The third-order valence-electron chi connectivity index (χ3n) is 9.81. The molecule has 6 amide bonds. The average molecular weight is 789 g/mol. The van der Waals surface area contributed by atoms with Crippen molar-refractivity contribution >= 4 is 35.4 Å². The molecule has 57 heavy (non-hydrogen) atoms. The Bertz CT molecular complexity index is 1940. The van der Waals surface area contributed by atoms with Gasteiger partial charge in [-0.25, -0.2) is 0 Å². The maximum absolute atomic E-state index is 14.0. The minimum atomic E-state index is -1.52. The van der Waals surface area contributed by atoms with Crippen molar-refractivity contribution in [3.8, 4) is 23.0 Å². The van der Waals surface area contributed by atoms with E-state index in [2.05, 4.69) is 16.0 Å². The van der Waals surface area contributed by atoms with E-state index in [4.69, 9.17) is 9.47 Å². The van der Waals surface area contributed by atoms with E-state index >= 15 is 0 Å². The summed E-state index contributed by atoms with van der Waals surface area (Å²) in [5.74, 6) is -2.86. The topological polar surface area (TPSA) is 207 Å². The maximum atomic E-state index is 14.0. The lowest BCUT2D eigenvalue weighted by atomic mass is 9.99. The van der Waals surface area contributed by atoms with Crippen molar-refractivity contribution in [1.29, 1.82) is 0 Å². The third kappa shape index (κ3) is 11.0. The van der Waals surface area contributed by atoms with Crippen LogP contribution in [0.15, 0.2) is 66.7 Å². The molecule has 0 aromatic heterocycles. The minimum Gasteiger partial charge on any atom is -0.504 e. The van der Waals surface area contributed by atoms with E-state index in [1.54, 1.807) is 36.4 Å². The quantitative estimate of drug-likeness (QED) is 0.242. The smallest absolute Gasteiger partial charge is 0.247 e. The van der Waals surface area contributed by atoms with E-state index in [0.717, 1.165) is 4.90 Å². The molecule has 4 bridgehead atoms. The Labute approximate surface area is 332 Å². The second-order valence-corrected chi connectivity index (χ2v) is 14.3. The predicted molar refractivity (Wildman–Crippen MR) is 209 cm³/mol. The van der Waals surface area contributed by atoms with Crippen molar-refractivity contribution in [1.82, 2.24) is 30.7 Å². The van der Waals surface area contributed by atoms with Crippen molar-refractivity contribution < 1.29 is 48.5 Å². The van der Waals surface area contributed by atoms with Gasteiger partial charge < -0.3 is 50.3 Å². The summed E-state index contributed by atoms with van der Waals surface area (Å²) in [6.45, 7) is 4.36. The number of carbonyl (C=O) groups is 6. The summed E-state index contributed by atoms with van der Waals surface area (Å²) < 4.78 is 11.2. The number of amides is 6. The zero-order chi connectivity index (χ0) is 42.1. The maximum Gasteiger partial charge on any atom is 0.247 e. The molecule has 0 radical (unpaired) electrons. The highest BCUT2D eigenvalue weighted by Gasteiger charge is 2.39. The van der Waals surface area contributed by atoms with Crippen molar-refractivity contribution in [3.63, 3.8) is 0 Å². The lowest BCUT2D eigenvalue weighted by Crippen LogP contribution is -2.59. The molecule has 0 spiro atoms. The summed E-state index contributed by atoms with van der Waals surface area (Å²) in [6, 6.07) is 11.6. The number of likely N-dealkylation sites (N-methyl/N-ethyl adjacent to an activating group) is 3. The molecule has 2 heterocycles. The fourth-order valence-electron chi connectivity index (χ4n) is 6.32. The number of methoxy groups -OCH3 is 1. The molecular weight excluding hydrogens is 736 g/mol. The highest BCUT2D eigenvalue weighted by molar-refractivity contribution is 5.96. The van der Waals surface area contributed by atoms with Crippen molar-refractivity contribution in [2.45, 2.75) is 76.3 Å². The molecule has 0 fully saturated rings. The van der Waals surface area contributed by atoms with Gasteiger partial charge >= 0.3 is 0 Å². The van der Waals surface area contributed by atoms with Gasteiger partial charge in [0.2, 0.25) is 35.4 Å².